The first-order valence-corrected chi connectivity index (χ1v) is 11.1. The molecule has 8 heteroatoms. The molecule has 4 rings (SSSR count). The molecule has 3 aromatic carbocycles. The van der Waals surface area contributed by atoms with Gasteiger partial charge in [0.05, 0.1) is 14.2 Å². The number of hydrazone groups is 1. The largest absolute Gasteiger partial charge is 0.497 e. The highest BCUT2D eigenvalue weighted by atomic mass is 79.9. The van der Waals surface area contributed by atoms with E-state index in [0.717, 1.165) is 15.6 Å². The molecule has 0 radical (unpaired) electrons. The van der Waals surface area contributed by atoms with Gasteiger partial charge in [0.1, 0.15) is 11.5 Å². The zero-order valence-electron chi connectivity index (χ0n) is 18.1. The molecular formula is C25H23BrN3O4+. The molecule has 1 aliphatic heterocycles. The molecule has 1 aliphatic rings. The predicted octanol–water partition coefficient (Wildman–Crippen LogP) is 3.48. The monoisotopic (exact) mass is 508 g/mol. The Morgan fingerprint density at radius 3 is 2.09 bits per heavy atom. The fraction of sp³-hybridized carbons (Fsp3) is 0.160. The van der Waals surface area contributed by atoms with Gasteiger partial charge in [0.2, 0.25) is 12.3 Å². The maximum absolute atomic E-state index is 13.0. The Labute approximate surface area is 200 Å². The van der Waals surface area contributed by atoms with Crippen molar-refractivity contribution in [2.75, 3.05) is 14.2 Å². The van der Waals surface area contributed by atoms with Gasteiger partial charge in [0.15, 0.2) is 6.04 Å². The van der Waals surface area contributed by atoms with Crippen molar-refractivity contribution in [3.8, 4) is 11.5 Å². The Kier molecular flexibility index (Phi) is 6.74. The molecule has 3 aromatic rings. The number of carbonyl (C=O) groups is 2. The van der Waals surface area contributed by atoms with Crippen LogP contribution in [0.15, 0.2) is 77.3 Å². The minimum Gasteiger partial charge on any atom is -0.497 e. The van der Waals surface area contributed by atoms with Gasteiger partial charge in [-0.05, 0) is 72.8 Å². The third kappa shape index (κ3) is 5.06. The summed E-state index contributed by atoms with van der Waals surface area (Å²) in [4.78, 5) is 25.9. The van der Waals surface area contributed by atoms with Gasteiger partial charge in [0, 0.05) is 21.2 Å². The van der Waals surface area contributed by atoms with Crippen molar-refractivity contribution in [1.29, 1.82) is 0 Å². The van der Waals surface area contributed by atoms with Gasteiger partial charge in [-0.25, -0.2) is 0 Å². The Balaban J connectivity index is 1.67. The third-order valence-corrected chi connectivity index (χ3v) is 5.92. The summed E-state index contributed by atoms with van der Waals surface area (Å²) in [7, 11) is 3.16. The van der Waals surface area contributed by atoms with E-state index >= 15 is 0 Å². The maximum Gasteiger partial charge on any atom is 0.304 e. The van der Waals surface area contributed by atoms with Crippen LogP contribution < -0.4 is 20.2 Å². The molecular weight excluding hydrogens is 486 g/mol. The smallest absolute Gasteiger partial charge is 0.304 e. The van der Waals surface area contributed by atoms with Gasteiger partial charge in [-0.15, -0.1) is 10.1 Å². The lowest BCUT2D eigenvalue weighted by Gasteiger charge is -2.15. The minimum absolute atomic E-state index is 0.300. The van der Waals surface area contributed by atoms with Crippen LogP contribution in [0.4, 0.5) is 0 Å². The van der Waals surface area contributed by atoms with Gasteiger partial charge in [-0.3, -0.25) is 9.59 Å². The topological polar surface area (TPSA) is 79.7 Å². The van der Waals surface area contributed by atoms with E-state index in [9.17, 15) is 9.59 Å². The number of methoxy groups -OCH3 is 2. The minimum atomic E-state index is -0.806. The van der Waals surface area contributed by atoms with E-state index in [0.29, 0.717) is 17.1 Å². The molecule has 0 spiro atoms. The summed E-state index contributed by atoms with van der Waals surface area (Å²) >= 11 is 3.43. The second kappa shape index (κ2) is 9.87. The number of carbonyl (C=O) groups excluding carboxylic acids is 2. The van der Waals surface area contributed by atoms with Gasteiger partial charge < -0.3 is 14.8 Å². The zero-order chi connectivity index (χ0) is 23.4. The molecule has 1 saturated heterocycles. The van der Waals surface area contributed by atoms with E-state index in [4.69, 9.17) is 9.47 Å². The van der Waals surface area contributed by atoms with Gasteiger partial charge in [-0.2, -0.15) is 0 Å². The molecule has 7 nitrogen and oxygen atoms in total. The van der Waals surface area contributed by atoms with Crippen LogP contribution in [0.1, 0.15) is 27.5 Å². The summed E-state index contributed by atoms with van der Waals surface area (Å²) in [6.45, 7) is 0. The molecule has 1 heterocycles. The average molecular weight is 509 g/mol. The molecule has 0 unspecified atom stereocenters. The molecule has 2 atom stereocenters. The van der Waals surface area contributed by atoms with Crippen LogP contribution in [0, 0.1) is 0 Å². The van der Waals surface area contributed by atoms with Gasteiger partial charge >= 0.3 is 5.91 Å². The zero-order valence-corrected chi connectivity index (χ0v) is 19.7. The highest BCUT2D eigenvalue weighted by molar-refractivity contribution is 9.10. The van der Waals surface area contributed by atoms with E-state index in [2.05, 4.69) is 26.7 Å². The van der Waals surface area contributed by atoms with Crippen molar-refractivity contribution in [3.63, 3.8) is 0 Å². The van der Waals surface area contributed by atoms with Crippen LogP contribution in [0.2, 0.25) is 0 Å². The van der Waals surface area contributed by atoms with Gasteiger partial charge in [0.25, 0.3) is 5.91 Å². The van der Waals surface area contributed by atoms with Crippen LogP contribution in [-0.2, 0) is 4.79 Å². The number of rotatable bonds is 6. The number of hydrogen-bond acceptors (Lipinski definition) is 4. The van der Waals surface area contributed by atoms with Crippen molar-refractivity contribution in [3.05, 3.63) is 94.0 Å². The number of hydrazine groups is 1. The molecule has 2 amide bonds. The summed E-state index contributed by atoms with van der Waals surface area (Å²) in [5, 5.41) is 2.89. The van der Waals surface area contributed by atoms with Crippen molar-refractivity contribution in [1.82, 2.24) is 10.7 Å². The number of amides is 2. The molecule has 0 saturated carbocycles. The van der Waals surface area contributed by atoms with Crippen molar-refractivity contribution in [2.45, 2.75) is 12.1 Å². The fourth-order valence-electron chi connectivity index (χ4n) is 3.66. The summed E-state index contributed by atoms with van der Waals surface area (Å²) in [6, 6.07) is 20.6. The molecule has 1 fully saturated rings. The highest BCUT2D eigenvalue weighted by Crippen LogP contribution is 2.27. The van der Waals surface area contributed by atoms with E-state index in [1.165, 1.54) is 0 Å². The fourth-order valence-corrected chi connectivity index (χ4v) is 3.92. The second-order valence-electron chi connectivity index (χ2n) is 7.46. The maximum atomic E-state index is 13.0. The Morgan fingerprint density at radius 2 is 1.52 bits per heavy atom. The Hall–Kier alpha value is -3.65. The highest BCUT2D eigenvalue weighted by Gasteiger charge is 2.47. The normalized spacial score (nSPS) is 18.6. The standard InChI is InChI=1S/C25H22BrN3O4/c1-32-20-11-5-17(6-12-20)23-22(27-24(30)18-7-13-21(33-2)14-8-18)25(31)28-29(23)15-16-3-9-19(26)10-4-16/h3-15,22-23H,1-2H3,(H-,27,28,30,31)/p+1/b29-15-/t22-,23+/m0/s1. The average Bonchev–Trinajstić information content (AvgIpc) is 3.14. The van der Waals surface area contributed by atoms with E-state index < -0.39 is 12.1 Å². The lowest BCUT2D eigenvalue weighted by atomic mass is 9.99. The number of benzene rings is 3. The molecule has 168 valence electrons. The van der Waals surface area contributed by atoms with Crippen LogP contribution in [0.3, 0.4) is 0 Å². The van der Waals surface area contributed by atoms with Crippen molar-refractivity contribution >= 4 is 34.0 Å². The lowest BCUT2D eigenvalue weighted by Crippen LogP contribution is -2.42. The third-order valence-electron chi connectivity index (χ3n) is 5.39. The molecule has 33 heavy (non-hydrogen) atoms. The Bertz CT molecular complexity index is 1180. The van der Waals surface area contributed by atoms with Crippen LogP contribution in [-0.4, -0.2) is 43.0 Å². The quantitative estimate of drug-likeness (QED) is 0.499. The number of ether oxygens (including phenoxy) is 2. The second-order valence-corrected chi connectivity index (χ2v) is 8.38. The first kappa shape index (κ1) is 22.5. The number of nitrogens with zero attached hydrogens (tertiary/aromatic N) is 1. The lowest BCUT2D eigenvalue weighted by molar-refractivity contribution is -0.596. The van der Waals surface area contributed by atoms with E-state index in [-0.39, 0.29) is 11.8 Å². The summed E-state index contributed by atoms with van der Waals surface area (Å²) < 4.78 is 13.1. The SMILES string of the molecule is COc1ccc(C(=O)N[C@@H]2C(=O)N/[N+](=C\c3ccc(Br)cc3)[C@@H]2c2ccc(OC)cc2)cc1. The predicted molar refractivity (Wildman–Crippen MR) is 128 cm³/mol. The van der Waals surface area contributed by atoms with Gasteiger partial charge in [-0.1, -0.05) is 15.9 Å². The van der Waals surface area contributed by atoms with Crippen LogP contribution >= 0.6 is 15.9 Å². The number of halogens is 1. The molecule has 0 aliphatic carbocycles. The van der Waals surface area contributed by atoms with E-state index in [1.807, 2.05) is 54.7 Å². The Morgan fingerprint density at radius 1 is 0.939 bits per heavy atom. The van der Waals surface area contributed by atoms with E-state index in [1.54, 1.807) is 43.2 Å². The van der Waals surface area contributed by atoms with Crippen LogP contribution in [0.25, 0.3) is 0 Å². The first-order valence-electron chi connectivity index (χ1n) is 10.3. The van der Waals surface area contributed by atoms with Crippen LogP contribution in [0.5, 0.6) is 11.5 Å². The molecule has 0 aromatic heterocycles. The van der Waals surface area contributed by atoms with Crippen molar-refractivity contribution < 1.29 is 23.7 Å². The molecule has 2 N–H and O–H groups in total. The summed E-state index contributed by atoms with van der Waals surface area (Å²) in [5.41, 5.74) is 5.07. The van der Waals surface area contributed by atoms with Crippen molar-refractivity contribution in [2.24, 2.45) is 0 Å². The molecule has 0 bridgehead atoms. The number of nitrogens with one attached hydrogen (secondary N) is 2. The first-order chi connectivity index (χ1) is 16.0. The summed E-state index contributed by atoms with van der Waals surface area (Å²) in [5.74, 6) is 0.711. The summed E-state index contributed by atoms with van der Waals surface area (Å²) in [6.07, 6.45) is 1.85. The number of hydrogen-bond donors (Lipinski definition) is 2.